The van der Waals surface area contributed by atoms with Crippen molar-refractivity contribution < 1.29 is 34.1 Å². The maximum absolute atomic E-state index is 12.8. The number of benzene rings is 2. The number of carboxylic acid groups (broad SMARTS) is 2. The van der Waals surface area contributed by atoms with Gasteiger partial charge in [-0.3, -0.25) is 15.0 Å². The van der Waals surface area contributed by atoms with Crippen molar-refractivity contribution in [2.45, 2.75) is 38.1 Å². The summed E-state index contributed by atoms with van der Waals surface area (Å²) in [5.41, 5.74) is 7.82. The number of hydrogen-bond donors (Lipinski definition) is 5. The van der Waals surface area contributed by atoms with Gasteiger partial charge in [-0.2, -0.15) is 0 Å². The molecule has 0 aromatic heterocycles. The number of carbonyl (C=O) groups is 4. The van der Waals surface area contributed by atoms with E-state index in [0.717, 1.165) is 12.0 Å². The minimum Gasteiger partial charge on any atom is -0.481 e. The Hall–Kier alpha value is -4.21. The van der Waals surface area contributed by atoms with Crippen LogP contribution in [0.3, 0.4) is 0 Å². The van der Waals surface area contributed by atoms with Crippen LogP contribution in [0.1, 0.15) is 56.7 Å². The van der Waals surface area contributed by atoms with Gasteiger partial charge in [0.15, 0.2) is 0 Å². The molecule has 0 saturated heterocycles. The summed E-state index contributed by atoms with van der Waals surface area (Å²) in [6, 6.07) is 7.64. The van der Waals surface area contributed by atoms with Gasteiger partial charge in [-0.15, -0.1) is 0 Å². The van der Waals surface area contributed by atoms with Gasteiger partial charge in [0.05, 0.1) is 12.0 Å². The lowest BCUT2D eigenvalue weighted by molar-refractivity contribution is -0.145. The smallest absolute Gasteiger partial charge is 0.343 e. The van der Waals surface area contributed by atoms with Crippen LogP contribution in [-0.4, -0.2) is 45.9 Å². The van der Waals surface area contributed by atoms with Crippen molar-refractivity contribution in [1.82, 2.24) is 5.32 Å². The molecule has 6 N–H and O–H groups in total. The quantitative estimate of drug-likeness (QED) is 0.190. The van der Waals surface area contributed by atoms with Crippen LogP contribution in [0.2, 0.25) is 0 Å². The summed E-state index contributed by atoms with van der Waals surface area (Å²) >= 11 is 0. The number of nitrogens with one attached hydrogen (secondary N) is 2. The third kappa shape index (κ3) is 5.73. The van der Waals surface area contributed by atoms with E-state index in [9.17, 15) is 19.2 Å². The highest BCUT2D eigenvalue weighted by Gasteiger charge is 2.25. The number of amides is 1. The first-order chi connectivity index (χ1) is 15.7. The third-order valence-corrected chi connectivity index (χ3v) is 5.29. The van der Waals surface area contributed by atoms with Crippen LogP contribution >= 0.6 is 0 Å². The molecule has 0 radical (unpaired) electrons. The van der Waals surface area contributed by atoms with Gasteiger partial charge in [0.2, 0.25) is 0 Å². The maximum atomic E-state index is 12.8. The molecule has 0 fully saturated rings. The van der Waals surface area contributed by atoms with Crippen LogP contribution in [-0.2, 0) is 22.4 Å². The van der Waals surface area contributed by atoms with E-state index in [1.807, 2.05) is 0 Å². The molecule has 1 aliphatic rings. The average Bonchev–Trinajstić information content (AvgIpc) is 2.76. The molecule has 2 aromatic rings. The molecule has 2 aromatic carbocycles. The van der Waals surface area contributed by atoms with Crippen LogP contribution in [0.4, 0.5) is 0 Å². The number of nitrogens with two attached hydrogens (primary N) is 1. The van der Waals surface area contributed by atoms with E-state index in [4.69, 9.17) is 26.1 Å². The molecule has 1 unspecified atom stereocenters. The van der Waals surface area contributed by atoms with E-state index in [0.29, 0.717) is 36.1 Å². The summed E-state index contributed by atoms with van der Waals surface area (Å²) in [5, 5.41) is 27.8. The third-order valence-electron chi connectivity index (χ3n) is 5.29. The fourth-order valence-corrected chi connectivity index (χ4v) is 3.58. The molecular formula is C23H23N3O7. The van der Waals surface area contributed by atoms with Crippen molar-refractivity contribution in [3.63, 3.8) is 0 Å². The molecular weight excluding hydrogens is 430 g/mol. The number of aliphatic carboxylic acids is 2. The van der Waals surface area contributed by atoms with Crippen LogP contribution in [0, 0.1) is 5.41 Å². The first-order valence-electron chi connectivity index (χ1n) is 10.2. The summed E-state index contributed by atoms with van der Waals surface area (Å²) in [7, 11) is 0. The molecule has 0 bridgehead atoms. The number of rotatable bonds is 6. The second kappa shape index (κ2) is 9.94. The van der Waals surface area contributed by atoms with Crippen LogP contribution < -0.4 is 15.8 Å². The highest BCUT2D eigenvalue weighted by molar-refractivity contribution is 6.00. The molecule has 0 spiro atoms. The predicted molar refractivity (Wildman–Crippen MR) is 117 cm³/mol. The Morgan fingerprint density at radius 2 is 1.67 bits per heavy atom. The van der Waals surface area contributed by atoms with Crippen LogP contribution in [0.25, 0.3) is 0 Å². The minimum absolute atomic E-state index is 0.0779. The molecule has 0 aliphatic carbocycles. The highest BCUT2D eigenvalue weighted by atomic mass is 16.5. The highest BCUT2D eigenvalue weighted by Crippen LogP contribution is 2.27. The van der Waals surface area contributed by atoms with Gasteiger partial charge in [0.25, 0.3) is 5.91 Å². The normalized spacial score (nSPS) is 14.1. The Kier molecular flexibility index (Phi) is 7.07. The largest absolute Gasteiger partial charge is 0.481 e. The van der Waals surface area contributed by atoms with E-state index in [2.05, 4.69) is 5.32 Å². The van der Waals surface area contributed by atoms with Crippen LogP contribution in [0.15, 0.2) is 36.4 Å². The van der Waals surface area contributed by atoms with Crippen molar-refractivity contribution in [3.05, 3.63) is 64.2 Å². The number of amidine groups is 1. The standard InChI is InChI=1S/C23H23N3O7/c24-20(25)14-6-8-18-13(10-14)4-2-1-3-12-9-15(5-7-16(12)23(32)33-18)21(29)26-17(22(30)31)11-19(27)28/h5-10,17H,1-4,11H2,(H3,24,25)(H,26,29)(H,27,28)(H,30,31). The van der Waals surface area contributed by atoms with Crippen molar-refractivity contribution in [2.75, 3.05) is 0 Å². The molecule has 1 aliphatic heterocycles. The number of carboxylic acids is 2. The van der Waals surface area contributed by atoms with Gasteiger partial charge >= 0.3 is 17.9 Å². The van der Waals surface area contributed by atoms with Gasteiger partial charge in [0, 0.05) is 11.1 Å². The zero-order valence-electron chi connectivity index (χ0n) is 17.6. The number of nitrogen functional groups attached to an aromatic ring is 1. The number of aryl methyl sites for hydroxylation is 2. The summed E-state index contributed by atoms with van der Waals surface area (Å²) < 4.78 is 5.58. The summed E-state index contributed by atoms with van der Waals surface area (Å²) in [6.45, 7) is 0. The fraction of sp³-hybridized carbons (Fsp3) is 0.261. The Morgan fingerprint density at radius 1 is 1.03 bits per heavy atom. The van der Waals surface area contributed by atoms with Gasteiger partial charge in [0.1, 0.15) is 17.6 Å². The predicted octanol–water partition coefficient (Wildman–Crippen LogP) is 1.73. The van der Waals surface area contributed by atoms with E-state index in [-0.39, 0.29) is 17.0 Å². The van der Waals surface area contributed by atoms with Crippen molar-refractivity contribution in [1.29, 1.82) is 5.41 Å². The second-order valence-electron chi connectivity index (χ2n) is 7.67. The Balaban J connectivity index is 1.86. The molecule has 33 heavy (non-hydrogen) atoms. The van der Waals surface area contributed by atoms with Gasteiger partial charge in [-0.1, -0.05) is 0 Å². The number of carbonyl (C=O) groups excluding carboxylic acids is 2. The Morgan fingerprint density at radius 3 is 2.30 bits per heavy atom. The zero-order chi connectivity index (χ0) is 24.1. The number of ether oxygens (including phenoxy) is 1. The molecule has 0 saturated carbocycles. The first-order valence-corrected chi connectivity index (χ1v) is 10.2. The second-order valence-corrected chi connectivity index (χ2v) is 7.67. The van der Waals surface area contributed by atoms with E-state index in [1.165, 1.54) is 18.2 Å². The molecule has 172 valence electrons. The fourth-order valence-electron chi connectivity index (χ4n) is 3.58. The summed E-state index contributed by atoms with van der Waals surface area (Å²) in [5.74, 6) is -3.88. The summed E-state index contributed by atoms with van der Waals surface area (Å²) in [6.07, 6.45) is 1.77. The molecule has 10 heteroatoms. The van der Waals surface area contributed by atoms with Gasteiger partial charge < -0.3 is 26.0 Å². The number of hydrogen-bond acceptors (Lipinski definition) is 6. The van der Waals surface area contributed by atoms with Crippen molar-refractivity contribution >= 4 is 29.7 Å². The molecule has 10 nitrogen and oxygen atoms in total. The summed E-state index contributed by atoms with van der Waals surface area (Å²) in [4.78, 5) is 47.4. The van der Waals surface area contributed by atoms with Crippen molar-refractivity contribution in [3.8, 4) is 5.75 Å². The lowest BCUT2D eigenvalue weighted by Gasteiger charge is -2.17. The minimum atomic E-state index is -1.58. The Bertz CT molecular complexity index is 1140. The van der Waals surface area contributed by atoms with E-state index in [1.54, 1.807) is 18.2 Å². The number of fused-ring (bicyclic) bond motifs is 2. The van der Waals surface area contributed by atoms with Crippen molar-refractivity contribution in [2.24, 2.45) is 5.73 Å². The molecule has 1 amide bonds. The van der Waals surface area contributed by atoms with Gasteiger partial charge in [-0.05, 0) is 73.2 Å². The lowest BCUT2D eigenvalue weighted by Crippen LogP contribution is -2.42. The van der Waals surface area contributed by atoms with Crippen LogP contribution in [0.5, 0.6) is 5.75 Å². The van der Waals surface area contributed by atoms with Gasteiger partial charge in [-0.25, -0.2) is 9.59 Å². The molecule has 3 rings (SSSR count). The zero-order valence-corrected chi connectivity index (χ0v) is 17.6. The average molecular weight is 453 g/mol. The first kappa shape index (κ1) is 23.5. The lowest BCUT2D eigenvalue weighted by atomic mass is 9.95. The Labute approximate surface area is 188 Å². The topological polar surface area (TPSA) is 180 Å². The maximum Gasteiger partial charge on any atom is 0.343 e. The van der Waals surface area contributed by atoms with E-state index < -0.39 is 36.3 Å². The molecule has 1 atom stereocenters. The SMILES string of the molecule is N=C(N)c1ccc2c(c1)CCCCc1cc(C(=O)NC(CC(=O)O)C(=O)O)ccc1C(=O)O2. The molecule has 1 heterocycles. The number of esters is 1. The monoisotopic (exact) mass is 453 g/mol. The van der Waals surface area contributed by atoms with E-state index >= 15 is 0 Å².